The van der Waals surface area contributed by atoms with E-state index in [1.807, 2.05) is 6.92 Å². The van der Waals surface area contributed by atoms with E-state index in [-0.39, 0.29) is 17.2 Å². The molecule has 102 valence electrons. The minimum absolute atomic E-state index is 0.00576. The Morgan fingerprint density at radius 3 is 2.79 bits per heavy atom. The van der Waals surface area contributed by atoms with Crippen LogP contribution in [0, 0.1) is 5.82 Å². The zero-order valence-corrected chi connectivity index (χ0v) is 11.2. The number of anilines is 1. The highest BCUT2D eigenvalue weighted by atomic mass is 32.2. The van der Waals surface area contributed by atoms with Crippen LogP contribution in [0.2, 0.25) is 0 Å². The van der Waals surface area contributed by atoms with Crippen molar-refractivity contribution in [1.82, 2.24) is 0 Å². The molecular formula is C13H14FNO3S. The molecule has 2 N–H and O–H groups in total. The second kappa shape index (κ2) is 5.21. The van der Waals surface area contributed by atoms with Gasteiger partial charge in [0.05, 0.1) is 16.0 Å². The molecule has 1 aliphatic heterocycles. The first-order valence-corrected chi connectivity index (χ1v) is 6.89. The molecule has 0 bridgehead atoms. The van der Waals surface area contributed by atoms with Crippen LogP contribution in [-0.4, -0.2) is 27.5 Å². The minimum atomic E-state index is -1.19. The number of rotatable bonds is 3. The van der Waals surface area contributed by atoms with Crippen molar-refractivity contribution in [3.8, 4) is 0 Å². The average molecular weight is 283 g/mol. The maximum absolute atomic E-state index is 13.2. The van der Waals surface area contributed by atoms with E-state index in [2.05, 4.69) is 5.32 Å². The third kappa shape index (κ3) is 2.89. The van der Waals surface area contributed by atoms with Crippen molar-refractivity contribution in [2.45, 2.75) is 24.5 Å². The van der Waals surface area contributed by atoms with Crippen LogP contribution in [0.4, 0.5) is 10.1 Å². The van der Waals surface area contributed by atoms with Gasteiger partial charge < -0.3 is 10.4 Å². The van der Waals surface area contributed by atoms with Gasteiger partial charge in [0.15, 0.2) is 0 Å². The Morgan fingerprint density at radius 1 is 1.47 bits per heavy atom. The molecular weight excluding hydrogens is 269 g/mol. The number of hydrogen-bond donors (Lipinski definition) is 2. The van der Waals surface area contributed by atoms with Crippen molar-refractivity contribution in [3.63, 3.8) is 0 Å². The highest BCUT2D eigenvalue weighted by Gasteiger charge is 2.37. The molecule has 0 aliphatic carbocycles. The molecule has 1 aliphatic rings. The van der Waals surface area contributed by atoms with Crippen LogP contribution in [0.25, 0.3) is 0 Å². The second-order valence-electron chi connectivity index (χ2n) is 4.63. The number of halogens is 1. The molecule has 19 heavy (non-hydrogen) atoms. The molecule has 1 aromatic rings. The first kappa shape index (κ1) is 13.9. The molecule has 4 nitrogen and oxygen atoms in total. The summed E-state index contributed by atoms with van der Waals surface area (Å²) in [5.74, 6) is -1.15. The molecule has 1 fully saturated rings. The van der Waals surface area contributed by atoms with E-state index in [1.165, 1.54) is 11.8 Å². The molecule has 1 heterocycles. The van der Waals surface area contributed by atoms with Gasteiger partial charge in [-0.25, -0.2) is 9.18 Å². The molecule has 1 amide bonds. The van der Waals surface area contributed by atoms with Crippen LogP contribution >= 0.6 is 11.8 Å². The van der Waals surface area contributed by atoms with E-state index in [1.54, 1.807) is 0 Å². The molecule has 0 spiro atoms. The Labute approximate surface area is 114 Å². The molecule has 1 aromatic carbocycles. The number of carboxylic acids is 1. The van der Waals surface area contributed by atoms with Crippen molar-refractivity contribution >= 4 is 29.3 Å². The van der Waals surface area contributed by atoms with Crippen LogP contribution < -0.4 is 5.32 Å². The van der Waals surface area contributed by atoms with E-state index in [0.29, 0.717) is 0 Å². The fraction of sp³-hybridized carbons (Fsp3) is 0.385. The number of carboxylic acid groups (broad SMARTS) is 1. The quantitative estimate of drug-likeness (QED) is 0.895. The number of aromatic carboxylic acids is 1. The van der Waals surface area contributed by atoms with Crippen LogP contribution in [0.15, 0.2) is 18.2 Å². The second-order valence-corrected chi connectivity index (χ2v) is 6.23. The van der Waals surface area contributed by atoms with Crippen molar-refractivity contribution < 1.29 is 19.1 Å². The summed E-state index contributed by atoms with van der Waals surface area (Å²) in [6.45, 7) is 1.82. The standard InChI is InChI=1S/C13H14FNO3S/c1-13(5-2-6-19-13)12(18)15-10-7-8(14)3-4-9(10)11(16)17/h3-4,7H,2,5-6H2,1H3,(H,15,18)(H,16,17). The van der Waals surface area contributed by atoms with E-state index in [0.717, 1.165) is 36.8 Å². The maximum atomic E-state index is 13.2. The average Bonchev–Trinajstić information content (AvgIpc) is 2.77. The number of carbonyl (C=O) groups excluding carboxylic acids is 1. The number of hydrogen-bond acceptors (Lipinski definition) is 3. The Bertz CT molecular complexity index is 527. The highest BCUT2D eigenvalue weighted by molar-refractivity contribution is 8.01. The normalized spacial score (nSPS) is 22.2. The predicted octanol–water partition coefficient (Wildman–Crippen LogP) is 2.75. The van der Waals surface area contributed by atoms with Crippen LogP contribution in [-0.2, 0) is 4.79 Å². The molecule has 1 saturated heterocycles. The van der Waals surface area contributed by atoms with Gasteiger partial charge in [-0.05, 0) is 43.7 Å². The SMILES string of the molecule is CC1(C(=O)Nc2cc(F)ccc2C(=O)O)CCCS1. The lowest BCUT2D eigenvalue weighted by molar-refractivity contribution is -0.118. The summed E-state index contributed by atoms with van der Waals surface area (Å²) in [6, 6.07) is 3.24. The summed E-state index contributed by atoms with van der Waals surface area (Å²) in [5, 5.41) is 11.6. The van der Waals surface area contributed by atoms with Gasteiger partial charge >= 0.3 is 5.97 Å². The van der Waals surface area contributed by atoms with Gasteiger partial charge in [-0.3, -0.25) is 4.79 Å². The third-order valence-electron chi connectivity index (χ3n) is 3.16. The van der Waals surface area contributed by atoms with Gasteiger partial charge in [0.2, 0.25) is 5.91 Å². The Kier molecular flexibility index (Phi) is 3.80. The van der Waals surface area contributed by atoms with Gasteiger partial charge in [0.25, 0.3) is 0 Å². The van der Waals surface area contributed by atoms with E-state index in [9.17, 15) is 14.0 Å². The van der Waals surface area contributed by atoms with Crippen LogP contribution in [0.1, 0.15) is 30.1 Å². The topological polar surface area (TPSA) is 66.4 Å². The molecule has 0 saturated carbocycles. The van der Waals surface area contributed by atoms with Crippen molar-refractivity contribution in [3.05, 3.63) is 29.6 Å². The number of amides is 1. The van der Waals surface area contributed by atoms with Crippen molar-refractivity contribution in [2.75, 3.05) is 11.1 Å². The lowest BCUT2D eigenvalue weighted by Gasteiger charge is -2.22. The minimum Gasteiger partial charge on any atom is -0.478 e. The summed E-state index contributed by atoms with van der Waals surface area (Å²) < 4.78 is 12.6. The summed E-state index contributed by atoms with van der Waals surface area (Å²) in [5.41, 5.74) is -0.104. The maximum Gasteiger partial charge on any atom is 0.337 e. The smallest absolute Gasteiger partial charge is 0.337 e. The van der Waals surface area contributed by atoms with Gasteiger partial charge in [0, 0.05) is 0 Å². The molecule has 0 aromatic heterocycles. The van der Waals surface area contributed by atoms with Crippen LogP contribution in [0.3, 0.4) is 0 Å². The Hall–Kier alpha value is -1.56. The third-order valence-corrected chi connectivity index (χ3v) is 4.68. The Morgan fingerprint density at radius 2 is 2.21 bits per heavy atom. The van der Waals surface area contributed by atoms with Crippen molar-refractivity contribution in [2.24, 2.45) is 0 Å². The Balaban J connectivity index is 2.25. The molecule has 0 radical (unpaired) electrons. The van der Waals surface area contributed by atoms with Gasteiger partial charge in [-0.1, -0.05) is 0 Å². The zero-order valence-electron chi connectivity index (χ0n) is 10.4. The lowest BCUT2D eigenvalue weighted by Crippen LogP contribution is -2.35. The number of carbonyl (C=O) groups is 2. The van der Waals surface area contributed by atoms with E-state index >= 15 is 0 Å². The first-order chi connectivity index (χ1) is 8.92. The van der Waals surface area contributed by atoms with E-state index < -0.39 is 16.5 Å². The molecule has 1 atom stereocenters. The van der Waals surface area contributed by atoms with E-state index in [4.69, 9.17) is 5.11 Å². The van der Waals surface area contributed by atoms with Gasteiger partial charge in [0.1, 0.15) is 5.82 Å². The predicted molar refractivity (Wildman–Crippen MR) is 72.1 cm³/mol. The summed E-state index contributed by atoms with van der Waals surface area (Å²) in [4.78, 5) is 23.2. The lowest BCUT2D eigenvalue weighted by atomic mass is 10.0. The summed E-state index contributed by atoms with van der Waals surface area (Å²) in [7, 11) is 0. The molecule has 1 unspecified atom stereocenters. The summed E-state index contributed by atoms with van der Waals surface area (Å²) >= 11 is 1.54. The van der Waals surface area contributed by atoms with Crippen molar-refractivity contribution in [1.29, 1.82) is 0 Å². The highest BCUT2D eigenvalue weighted by Crippen LogP contribution is 2.38. The molecule has 6 heteroatoms. The first-order valence-electron chi connectivity index (χ1n) is 5.91. The van der Waals surface area contributed by atoms with Crippen LogP contribution in [0.5, 0.6) is 0 Å². The number of benzene rings is 1. The zero-order chi connectivity index (χ0) is 14.0. The number of thioether (sulfide) groups is 1. The molecule has 2 rings (SSSR count). The van der Waals surface area contributed by atoms with Gasteiger partial charge in [-0.2, -0.15) is 0 Å². The fourth-order valence-electron chi connectivity index (χ4n) is 2.02. The van der Waals surface area contributed by atoms with Gasteiger partial charge in [-0.15, -0.1) is 11.8 Å². The largest absolute Gasteiger partial charge is 0.478 e. The monoisotopic (exact) mass is 283 g/mol. The number of nitrogens with one attached hydrogen (secondary N) is 1. The fourth-order valence-corrected chi connectivity index (χ4v) is 3.23. The summed E-state index contributed by atoms with van der Waals surface area (Å²) in [6.07, 6.45) is 1.69.